The largest absolute Gasteiger partial charge is 0.378 e. The average molecular weight is 464 g/mol. The summed E-state index contributed by atoms with van der Waals surface area (Å²) in [5.74, 6) is 2.34. The zero-order valence-corrected chi connectivity index (χ0v) is 19.8. The zero-order chi connectivity index (χ0) is 22.7. The molecule has 32 heavy (non-hydrogen) atoms. The van der Waals surface area contributed by atoms with E-state index in [9.17, 15) is 14.1 Å². The number of aliphatic hydroxyl groups is 1. The Labute approximate surface area is 194 Å². The lowest BCUT2D eigenvalue weighted by atomic mass is 9.92. The highest BCUT2D eigenvalue weighted by Gasteiger charge is 2.37. The number of amides is 1. The van der Waals surface area contributed by atoms with Crippen molar-refractivity contribution in [3.05, 3.63) is 29.8 Å². The Balaban J connectivity index is 1.28. The molecule has 4 rings (SSSR count). The Morgan fingerprint density at radius 3 is 2.38 bits per heavy atom. The van der Waals surface area contributed by atoms with E-state index < -0.39 is 17.5 Å². The van der Waals surface area contributed by atoms with E-state index in [2.05, 4.69) is 9.62 Å². The summed E-state index contributed by atoms with van der Waals surface area (Å²) in [6.45, 7) is 3.98. The quantitative estimate of drug-likeness (QED) is 0.560. The molecule has 3 aliphatic rings. The molecule has 0 aromatic heterocycles. The van der Waals surface area contributed by atoms with E-state index in [1.165, 1.54) is 44.9 Å². The van der Waals surface area contributed by atoms with Crippen LogP contribution in [0.15, 0.2) is 24.3 Å². The molecule has 1 amide bonds. The summed E-state index contributed by atoms with van der Waals surface area (Å²) in [6.07, 6.45) is 9.91. The highest BCUT2D eigenvalue weighted by atomic mass is 32.2. The van der Waals surface area contributed by atoms with Gasteiger partial charge in [0.05, 0.1) is 0 Å². The molecule has 1 aliphatic heterocycles. The van der Waals surface area contributed by atoms with E-state index in [1.807, 2.05) is 11.8 Å². The summed E-state index contributed by atoms with van der Waals surface area (Å²) in [5, 5.41) is 11.0. The van der Waals surface area contributed by atoms with E-state index >= 15 is 0 Å². The van der Waals surface area contributed by atoms with Crippen molar-refractivity contribution in [3.8, 4) is 0 Å². The molecule has 1 heterocycles. The van der Waals surface area contributed by atoms with Crippen LogP contribution in [-0.2, 0) is 11.3 Å². The van der Waals surface area contributed by atoms with Crippen LogP contribution in [0.2, 0.25) is 0 Å². The van der Waals surface area contributed by atoms with Gasteiger partial charge in [0.2, 0.25) is 0 Å². The van der Waals surface area contributed by atoms with Crippen LogP contribution in [0.4, 0.5) is 5.69 Å². The van der Waals surface area contributed by atoms with Gasteiger partial charge in [-0.2, -0.15) is 0 Å². The van der Waals surface area contributed by atoms with Gasteiger partial charge in [0, 0.05) is 36.9 Å². The number of rotatable bonds is 6. The van der Waals surface area contributed by atoms with Crippen molar-refractivity contribution in [1.82, 2.24) is 9.80 Å². The zero-order valence-electron chi connectivity index (χ0n) is 19.0. The van der Waals surface area contributed by atoms with Gasteiger partial charge in [0.25, 0.3) is 17.2 Å². The Bertz CT molecular complexity index is 791. The van der Waals surface area contributed by atoms with Crippen molar-refractivity contribution in [2.45, 2.75) is 70.6 Å². The van der Waals surface area contributed by atoms with Crippen LogP contribution in [0.1, 0.15) is 68.6 Å². The average Bonchev–Trinajstić information content (AvgIpc) is 3.01. The Kier molecular flexibility index (Phi) is 7.87. The van der Waals surface area contributed by atoms with Gasteiger partial charge in [-0.1, -0.05) is 32.1 Å². The molecular formula is C24H37N3O4S. The molecule has 2 saturated carbocycles. The molecular weight excluding hydrogens is 426 g/mol. The number of carbonyl (C=O) groups is 1. The maximum absolute atomic E-state index is 13.0. The molecule has 178 valence electrons. The minimum Gasteiger partial charge on any atom is -0.378 e. The van der Waals surface area contributed by atoms with Crippen LogP contribution in [0.25, 0.3) is 0 Å². The van der Waals surface area contributed by atoms with Crippen LogP contribution < -0.4 is 4.72 Å². The molecule has 4 unspecified atom stereocenters. The number of nitrogens with zero attached hydrogens (tertiary/aromatic N) is 2. The predicted molar refractivity (Wildman–Crippen MR) is 126 cm³/mol. The van der Waals surface area contributed by atoms with Crippen molar-refractivity contribution in [1.29, 1.82) is 0 Å². The fourth-order valence-electron chi connectivity index (χ4n) is 6.18. The van der Waals surface area contributed by atoms with Crippen LogP contribution in [-0.4, -0.2) is 61.5 Å². The molecule has 1 aromatic rings. The highest BCUT2D eigenvalue weighted by molar-refractivity contribution is 7.80. The van der Waals surface area contributed by atoms with Crippen LogP contribution in [0.5, 0.6) is 0 Å². The fourth-order valence-corrected chi connectivity index (χ4v) is 6.52. The minimum absolute atomic E-state index is 0.0170. The summed E-state index contributed by atoms with van der Waals surface area (Å²) in [7, 11) is 0. The van der Waals surface area contributed by atoms with Crippen LogP contribution in [0, 0.1) is 17.8 Å². The maximum atomic E-state index is 13.0. The van der Waals surface area contributed by atoms with Gasteiger partial charge >= 0.3 is 0 Å². The van der Waals surface area contributed by atoms with Crippen molar-refractivity contribution >= 4 is 22.9 Å². The van der Waals surface area contributed by atoms with Crippen molar-refractivity contribution in [2.75, 3.05) is 24.4 Å². The van der Waals surface area contributed by atoms with E-state index in [0.717, 1.165) is 18.3 Å². The third-order valence-electron chi connectivity index (χ3n) is 7.81. The monoisotopic (exact) mass is 463 g/mol. The molecule has 3 N–H and O–H groups in total. The standard InChI is InChI=1S/C24H37N3O4S/c1-17-16-26(23(28)15-18-13-20-5-3-2-4-6-21(20)14-18)11-12-27(17)24(29)19-7-9-22(10-8-19)25-32(30)31/h7-10,17-18,20-21,23,25,28H,2-6,11-16H2,1H3,(H,30,31)/t17-,18?,20?,21?,23?/m1/s1. The first kappa shape index (κ1) is 23.7. The summed E-state index contributed by atoms with van der Waals surface area (Å²) >= 11 is -2.13. The number of benzene rings is 1. The fraction of sp³-hybridized carbons (Fsp3) is 0.708. The second-order valence-electron chi connectivity index (χ2n) is 9.98. The van der Waals surface area contributed by atoms with Crippen molar-refractivity contribution < 1.29 is 18.7 Å². The van der Waals surface area contributed by atoms with Gasteiger partial charge in [-0.05, 0) is 68.2 Å². The van der Waals surface area contributed by atoms with Gasteiger partial charge < -0.3 is 10.0 Å². The van der Waals surface area contributed by atoms with Crippen molar-refractivity contribution in [3.63, 3.8) is 0 Å². The number of hydrogen-bond acceptors (Lipinski definition) is 4. The number of fused-ring (bicyclic) bond motifs is 1. The highest BCUT2D eigenvalue weighted by Crippen LogP contribution is 2.45. The second kappa shape index (κ2) is 10.6. The van der Waals surface area contributed by atoms with Gasteiger partial charge in [-0.25, -0.2) is 4.21 Å². The first-order valence-corrected chi connectivity index (χ1v) is 13.2. The van der Waals surface area contributed by atoms with E-state index in [0.29, 0.717) is 36.8 Å². The van der Waals surface area contributed by atoms with E-state index in [4.69, 9.17) is 4.55 Å². The number of piperazine rings is 1. The van der Waals surface area contributed by atoms with Crippen LogP contribution in [0.3, 0.4) is 0 Å². The molecule has 3 fully saturated rings. The Morgan fingerprint density at radius 2 is 1.78 bits per heavy atom. The van der Waals surface area contributed by atoms with E-state index in [1.54, 1.807) is 24.3 Å². The molecule has 0 bridgehead atoms. The van der Waals surface area contributed by atoms with Gasteiger partial charge in [-0.15, -0.1) is 0 Å². The molecule has 5 atom stereocenters. The van der Waals surface area contributed by atoms with Gasteiger partial charge in [0.1, 0.15) is 6.23 Å². The third-order valence-corrected chi connectivity index (χ3v) is 8.22. The minimum atomic E-state index is -2.13. The molecule has 8 heteroatoms. The number of carbonyl (C=O) groups excluding carboxylic acids is 1. The number of hydrogen-bond donors (Lipinski definition) is 3. The first-order chi connectivity index (χ1) is 15.4. The Morgan fingerprint density at radius 1 is 1.12 bits per heavy atom. The summed E-state index contributed by atoms with van der Waals surface area (Å²) < 4.78 is 22.2. The summed E-state index contributed by atoms with van der Waals surface area (Å²) in [4.78, 5) is 17.0. The predicted octanol–water partition coefficient (Wildman–Crippen LogP) is 3.70. The van der Waals surface area contributed by atoms with Crippen molar-refractivity contribution in [2.24, 2.45) is 17.8 Å². The second-order valence-corrected chi connectivity index (χ2v) is 10.7. The number of anilines is 1. The number of aliphatic hydroxyl groups excluding tert-OH is 1. The topological polar surface area (TPSA) is 93.1 Å². The maximum Gasteiger partial charge on any atom is 0.259 e. The normalized spacial score (nSPS) is 30.9. The molecule has 1 aromatic carbocycles. The molecule has 0 spiro atoms. The van der Waals surface area contributed by atoms with E-state index in [-0.39, 0.29) is 11.9 Å². The summed E-state index contributed by atoms with van der Waals surface area (Å²) in [6, 6.07) is 6.63. The number of nitrogens with one attached hydrogen (secondary N) is 1. The van der Waals surface area contributed by atoms with Gasteiger partial charge in [-0.3, -0.25) is 19.0 Å². The molecule has 1 saturated heterocycles. The molecule has 2 aliphatic carbocycles. The lowest BCUT2D eigenvalue weighted by molar-refractivity contribution is -0.0481. The lowest BCUT2D eigenvalue weighted by Gasteiger charge is -2.42. The van der Waals surface area contributed by atoms with Gasteiger partial charge in [0.15, 0.2) is 0 Å². The lowest BCUT2D eigenvalue weighted by Crippen LogP contribution is -2.56. The first-order valence-electron chi connectivity index (χ1n) is 12.1. The Hall–Kier alpha value is -1.48. The molecule has 7 nitrogen and oxygen atoms in total. The third kappa shape index (κ3) is 5.71. The SMILES string of the molecule is C[C@@H]1CN(C(O)CC2CC3CCCCCC3C2)CCN1C(=O)c1ccc(NS(=O)O)cc1. The van der Waals surface area contributed by atoms with Crippen LogP contribution >= 0.6 is 0 Å². The smallest absolute Gasteiger partial charge is 0.259 e. The molecule has 0 radical (unpaired) electrons. The summed E-state index contributed by atoms with van der Waals surface area (Å²) in [5.41, 5.74) is 1.05.